The molecule has 3 aromatic heterocycles. The van der Waals surface area contributed by atoms with Gasteiger partial charge in [0.2, 0.25) is 0 Å². The molecule has 1 unspecified atom stereocenters. The number of ether oxygens (including phenoxy) is 1. The first-order valence-corrected chi connectivity index (χ1v) is 12.0. The fourth-order valence-corrected chi connectivity index (χ4v) is 3.64. The smallest absolute Gasteiger partial charge is 0.406 e. The van der Waals surface area contributed by atoms with Crippen molar-refractivity contribution in [1.82, 2.24) is 45.6 Å². The molecule has 0 aliphatic rings. The van der Waals surface area contributed by atoms with Gasteiger partial charge in [-0.2, -0.15) is 0 Å². The van der Waals surface area contributed by atoms with Crippen LogP contribution in [0.25, 0.3) is 0 Å². The summed E-state index contributed by atoms with van der Waals surface area (Å²) >= 11 is 0. The molecule has 41 heavy (non-hydrogen) atoms. The van der Waals surface area contributed by atoms with Crippen molar-refractivity contribution in [1.29, 1.82) is 0 Å². The molecule has 2 amide bonds. The number of nitrogens with one attached hydrogen (secondary N) is 2. The lowest BCUT2D eigenvalue weighted by atomic mass is 10.2. The molecule has 12 nitrogen and oxygen atoms in total. The molecule has 0 radical (unpaired) electrons. The Labute approximate surface area is 228 Å². The highest BCUT2D eigenvalue weighted by Crippen LogP contribution is 2.23. The van der Waals surface area contributed by atoms with E-state index in [1.165, 1.54) is 47.8 Å². The van der Waals surface area contributed by atoms with E-state index in [1.807, 2.05) is 0 Å². The molecule has 216 valence electrons. The Morgan fingerprint density at radius 3 is 2.71 bits per heavy atom. The normalized spacial score (nSPS) is 12.1. The Hall–Kier alpha value is -4.96. The zero-order valence-corrected chi connectivity index (χ0v) is 21.1. The summed E-state index contributed by atoms with van der Waals surface area (Å²) in [7, 11) is 0. The minimum absolute atomic E-state index is 0.00807. The van der Waals surface area contributed by atoms with Crippen molar-refractivity contribution < 1.29 is 36.3 Å². The van der Waals surface area contributed by atoms with E-state index < -0.39 is 35.9 Å². The average molecular weight is 579 g/mol. The summed E-state index contributed by atoms with van der Waals surface area (Å²) in [6.45, 7) is -0.786. The first-order chi connectivity index (χ1) is 19.6. The fourth-order valence-electron chi connectivity index (χ4n) is 3.64. The number of hydrogen-bond donors (Lipinski definition) is 2. The summed E-state index contributed by atoms with van der Waals surface area (Å²) in [4.78, 5) is 30.3. The molecule has 1 aromatic carbocycles. The molecular formula is C24H22F5N9O3. The van der Waals surface area contributed by atoms with E-state index in [1.54, 1.807) is 0 Å². The molecule has 0 bridgehead atoms. The van der Waals surface area contributed by atoms with Crippen LogP contribution >= 0.6 is 0 Å². The van der Waals surface area contributed by atoms with Crippen molar-refractivity contribution in [2.24, 2.45) is 0 Å². The second-order valence-electron chi connectivity index (χ2n) is 8.61. The second-order valence-corrected chi connectivity index (χ2v) is 8.61. The van der Waals surface area contributed by atoms with Crippen molar-refractivity contribution >= 4 is 11.8 Å². The molecule has 0 spiro atoms. The van der Waals surface area contributed by atoms with Crippen LogP contribution in [0.4, 0.5) is 22.0 Å². The predicted octanol–water partition coefficient (Wildman–Crippen LogP) is 2.83. The van der Waals surface area contributed by atoms with Crippen LogP contribution in [-0.2, 0) is 19.6 Å². The van der Waals surface area contributed by atoms with Gasteiger partial charge in [0.1, 0.15) is 17.7 Å². The second kappa shape index (κ2) is 12.9. The van der Waals surface area contributed by atoms with Gasteiger partial charge in [-0.25, -0.2) is 13.5 Å². The Kier molecular flexibility index (Phi) is 9.15. The van der Waals surface area contributed by atoms with E-state index in [9.17, 15) is 31.5 Å². The third-order valence-electron chi connectivity index (χ3n) is 5.55. The third kappa shape index (κ3) is 8.51. The van der Waals surface area contributed by atoms with Gasteiger partial charge >= 0.3 is 6.36 Å². The van der Waals surface area contributed by atoms with Crippen LogP contribution in [0, 0.1) is 5.82 Å². The molecule has 4 aromatic rings. The quantitative estimate of drug-likeness (QED) is 0.244. The third-order valence-corrected chi connectivity index (χ3v) is 5.55. The largest absolute Gasteiger partial charge is 0.573 e. The van der Waals surface area contributed by atoms with Gasteiger partial charge in [-0.3, -0.25) is 19.7 Å². The summed E-state index contributed by atoms with van der Waals surface area (Å²) in [5.41, 5.74) is 0.148. The number of alkyl halides is 4. The summed E-state index contributed by atoms with van der Waals surface area (Å²) < 4.78 is 71.2. The predicted molar refractivity (Wildman–Crippen MR) is 129 cm³/mol. The molecule has 0 saturated heterocycles. The van der Waals surface area contributed by atoms with Crippen molar-refractivity contribution in [2.45, 2.75) is 38.6 Å². The van der Waals surface area contributed by atoms with Crippen molar-refractivity contribution in [2.75, 3.05) is 6.54 Å². The number of aromatic amines is 1. The van der Waals surface area contributed by atoms with E-state index in [4.69, 9.17) is 0 Å². The highest BCUT2D eigenvalue weighted by atomic mass is 19.4. The molecule has 17 heteroatoms. The molecule has 0 aliphatic heterocycles. The Morgan fingerprint density at radius 1 is 1.15 bits per heavy atom. The van der Waals surface area contributed by atoms with E-state index >= 15 is 0 Å². The molecule has 0 aliphatic carbocycles. The number of carbonyl (C=O) groups is 2. The molecule has 4 rings (SSSR count). The first-order valence-electron chi connectivity index (χ1n) is 12.0. The van der Waals surface area contributed by atoms with E-state index in [0.29, 0.717) is 5.56 Å². The zero-order valence-electron chi connectivity index (χ0n) is 21.1. The van der Waals surface area contributed by atoms with Crippen LogP contribution in [0.15, 0.2) is 55.0 Å². The summed E-state index contributed by atoms with van der Waals surface area (Å²) in [5, 5.41) is 19.5. The minimum Gasteiger partial charge on any atom is -0.406 e. The van der Waals surface area contributed by atoms with Gasteiger partial charge in [-0.05, 0) is 36.2 Å². The molecule has 1 atom stereocenters. The molecule has 0 saturated carbocycles. The summed E-state index contributed by atoms with van der Waals surface area (Å²) in [5.74, 6) is -2.35. The van der Waals surface area contributed by atoms with E-state index in [-0.39, 0.29) is 49.7 Å². The molecule has 0 fully saturated rings. The number of hydrogen-bond acceptors (Lipinski definition) is 8. The van der Waals surface area contributed by atoms with Gasteiger partial charge in [-0.15, -0.1) is 23.4 Å². The number of aromatic nitrogens is 7. The maximum atomic E-state index is 14.9. The molecule has 3 heterocycles. The zero-order chi connectivity index (χ0) is 29.4. The highest BCUT2D eigenvalue weighted by Gasteiger charge is 2.31. The number of nitrogens with zero attached hydrogens (tertiary/aromatic N) is 7. The molecule has 2 N–H and O–H groups in total. The topological polar surface area (TPSA) is 144 Å². The van der Waals surface area contributed by atoms with Gasteiger partial charge in [0, 0.05) is 19.3 Å². The maximum absolute atomic E-state index is 14.9. The van der Waals surface area contributed by atoms with Crippen LogP contribution in [0.5, 0.6) is 5.75 Å². The Morgan fingerprint density at radius 2 is 1.98 bits per heavy atom. The van der Waals surface area contributed by atoms with Crippen LogP contribution in [0.1, 0.15) is 38.7 Å². The summed E-state index contributed by atoms with van der Waals surface area (Å²) in [6.07, 6.45) is -2.73. The number of halogens is 5. The lowest BCUT2D eigenvalue weighted by molar-refractivity contribution is -0.274. The van der Waals surface area contributed by atoms with Crippen LogP contribution in [-0.4, -0.2) is 71.2 Å². The number of rotatable bonds is 12. The fraction of sp³-hybridized carbons (Fsp3) is 0.292. The average Bonchev–Trinajstić information content (AvgIpc) is 3.62. The lowest BCUT2D eigenvalue weighted by Crippen LogP contribution is -2.34. The van der Waals surface area contributed by atoms with Crippen molar-refractivity contribution in [3.05, 3.63) is 83.5 Å². The first kappa shape index (κ1) is 29.0. The van der Waals surface area contributed by atoms with Gasteiger partial charge in [-0.1, -0.05) is 22.6 Å². The van der Waals surface area contributed by atoms with Crippen molar-refractivity contribution in [3.63, 3.8) is 0 Å². The highest BCUT2D eigenvalue weighted by molar-refractivity contribution is 5.92. The van der Waals surface area contributed by atoms with E-state index in [0.717, 1.165) is 16.8 Å². The standard InChI is InChI=1S/C24H22F5N9O3/c25-16(6-8-37(23(40)19-11-32-35-33-19)13-20-18(26)5-2-7-30-20)12-38-14-21(34-36-38)22(39)31-10-15-3-1-4-17(9-15)41-24(27,28)29/h1-5,7,9,11,14,16H,6,8,10,12-13H2,(H,31,39)(H,32,33,35). The van der Waals surface area contributed by atoms with Gasteiger partial charge < -0.3 is 15.0 Å². The van der Waals surface area contributed by atoms with Gasteiger partial charge in [0.05, 0.1) is 31.2 Å². The summed E-state index contributed by atoms with van der Waals surface area (Å²) in [6, 6.07) is 7.67. The maximum Gasteiger partial charge on any atom is 0.573 e. The van der Waals surface area contributed by atoms with Crippen LogP contribution < -0.4 is 10.1 Å². The number of carbonyl (C=O) groups excluding carboxylic acids is 2. The van der Waals surface area contributed by atoms with Gasteiger partial charge in [0.15, 0.2) is 11.4 Å². The Balaban J connectivity index is 1.31. The molecular weight excluding hydrogens is 557 g/mol. The van der Waals surface area contributed by atoms with E-state index in [2.05, 4.69) is 40.8 Å². The van der Waals surface area contributed by atoms with Crippen LogP contribution in [0.2, 0.25) is 0 Å². The van der Waals surface area contributed by atoms with Crippen LogP contribution in [0.3, 0.4) is 0 Å². The monoisotopic (exact) mass is 579 g/mol. The SMILES string of the molecule is O=C(NCc1cccc(OC(F)(F)F)c1)c1cn(CC(F)CCN(Cc2ncccc2F)C(=O)c2c[nH]nn2)nn1. The minimum atomic E-state index is -4.85. The van der Waals surface area contributed by atoms with Crippen molar-refractivity contribution in [3.8, 4) is 5.75 Å². The number of pyridine rings is 1. The Bertz CT molecular complexity index is 1460. The lowest BCUT2D eigenvalue weighted by Gasteiger charge is -2.22. The number of H-pyrrole nitrogens is 1. The number of benzene rings is 1. The van der Waals surface area contributed by atoms with Gasteiger partial charge in [0.25, 0.3) is 11.8 Å². The number of amides is 2.